The molecule has 0 saturated carbocycles. The van der Waals surface area contributed by atoms with Crippen molar-refractivity contribution in [3.63, 3.8) is 0 Å². The van der Waals surface area contributed by atoms with Gasteiger partial charge in [0.1, 0.15) is 0 Å². The molecule has 2 aromatic rings. The molecular formula is C15H18N2. The Balaban J connectivity index is 2.34. The summed E-state index contributed by atoms with van der Waals surface area (Å²) in [4.78, 5) is 0. The highest BCUT2D eigenvalue weighted by Gasteiger charge is 2.00. The predicted molar refractivity (Wildman–Crippen MR) is 72.5 cm³/mol. The van der Waals surface area contributed by atoms with Crippen LogP contribution < -0.4 is 11.1 Å². The van der Waals surface area contributed by atoms with E-state index in [0.717, 1.165) is 6.54 Å². The van der Waals surface area contributed by atoms with E-state index in [1.165, 1.54) is 22.3 Å². The Bertz CT molecular complexity index is 492. The molecule has 0 amide bonds. The van der Waals surface area contributed by atoms with Gasteiger partial charge in [-0.3, -0.25) is 0 Å². The van der Waals surface area contributed by atoms with Crippen LogP contribution >= 0.6 is 0 Å². The van der Waals surface area contributed by atoms with Gasteiger partial charge >= 0.3 is 0 Å². The maximum Gasteiger partial charge on any atom is 0.0202 e. The topological polar surface area (TPSA) is 38.0 Å². The molecule has 0 aromatic heterocycles. The van der Waals surface area contributed by atoms with Crippen LogP contribution in [0.2, 0.25) is 0 Å². The highest BCUT2D eigenvalue weighted by atomic mass is 14.8. The van der Waals surface area contributed by atoms with Gasteiger partial charge in [0, 0.05) is 13.1 Å². The van der Waals surface area contributed by atoms with Gasteiger partial charge in [0.2, 0.25) is 0 Å². The molecule has 2 aromatic carbocycles. The van der Waals surface area contributed by atoms with Crippen molar-refractivity contribution < 1.29 is 0 Å². The molecule has 88 valence electrons. The first-order valence-electron chi connectivity index (χ1n) is 5.86. The fraction of sp³-hybridized carbons (Fsp3) is 0.200. The van der Waals surface area contributed by atoms with Crippen LogP contribution in [-0.4, -0.2) is 7.05 Å². The second-order valence-electron chi connectivity index (χ2n) is 4.14. The molecular weight excluding hydrogens is 208 g/mol. The molecule has 0 heterocycles. The van der Waals surface area contributed by atoms with Gasteiger partial charge in [0.25, 0.3) is 0 Å². The van der Waals surface area contributed by atoms with Gasteiger partial charge in [-0.05, 0) is 41.4 Å². The molecule has 2 nitrogen and oxygen atoms in total. The molecule has 0 spiro atoms. The van der Waals surface area contributed by atoms with Gasteiger partial charge in [-0.1, -0.05) is 36.4 Å². The lowest BCUT2D eigenvalue weighted by Crippen LogP contribution is -2.04. The van der Waals surface area contributed by atoms with E-state index < -0.39 is 0 Å². The van der Waals surface area contributed by atoms with Crippen molar-refractivity contribution in [1.82, 2.24) is 5.32 Å². The highest BCUT2D eigenvalue weighted by molar-refractivity contribution is 5.64. The van der Waals surface area contributed by atoms with Gasteiger partial charge in [-0.2, -0.15) is 0 Å². The number of nitrogens with one attached hydrogen (secondary N) is 1. The number of benzene rings is 2. The lowest BCUT2D eigenvalue weighted by molar-refractivity contribution is 0.818. The summed E-state index contributed by atoms with van der Waals surface area (Å²) < 4.78 is 0. The summed E-state index contributed by atoms with van der Waals surface area (Å²) in [5.74, 6) is 0. The molecule has 0 atom stereocenters. The Hall–Kier alpha value is -1.64. The highest BCUT2D eigenvalue weighted by Crippen LogP contribution is 2.21. The zero-order chi connectivity index (χ0) is 12.1. The van der Waals surface area contributed by atoms with Crippen molar-refractivity contribution in [2.24, 2.45) is 5.73 Å². The van der Waals surface area contributed by atoms with Crippen LogP contribution in [0.5, 0.6) is 0 Å². The maximum atomic E-state index is 5.66. The molecule has 2 rings (SSSR count). The van der Waals surface area contributed by atoms with Crippen LogP contribution in [0.15, 0.2) is 48.5 Å². The van der Waals surface area contributed by atoms with Crippen LogP contribution in [0.3, 0.4) is 0 Å². The second-order valence-corrected chi connectivity index (χ2v) is 4.14. The average Bonchev–Trinajstić information content (AvgIpc) is 2.40. The molecule has 0 aliphatic heterocycles. The van der Waals surface area contributed by atoms with E-state index in [2.05, 4.69) is 53.8 Å². The standard InChI is InChI=1S/C15H18N2/c1-17-11-13-5-3-7-15(9-13)14-6-2-4-12(8-14)10-16/h2-9,17H,10-11,16H2,1H3. The van der Waals surface area contributed by atoms with Gasteiger partial charge in [0.15, 0.2) is 0 Å². The van der Waals surface area contributed by atoms with E-state index in [4.69, 9.17) is 5.73 Å². The summed E-state index contributed by atoms with van der Waals surface area (Å²) in [5, 5.41) is 3.17. The predicted octanol–water partition coefficient (Wildman–Crippen LogP) is 2.53. The Morgan fingerprint density at radius 2 is 1.53 bits per heavy atom. The number of hydrogen-bond acceptors (Lipinski definition) is 2. The van der Waals surface area contributed by atoms with Crippen LogP contribution in [0, 0.1) is 0 Å². The molecule has 0 bridgehead atoms. The van der Waals surface area contributed by atoms with Crippen molar-refractivity contribution in [3.8, 4) is 11.1 Å². The Morgan fingerprint density at radius 1 is 0.941 bits per heavy atom. The van der Waals surface area contributed by atoms with E-state index in [1.54, 1.807) is 0 Å². The maximum absolute atomic E-state index is 5.66. The smallest absolute Gasteiger partial charge is 0.0202 e. The molecule has 2 heteroatoms. The van der Waals surface area contributed by atoms with E-state index in [0.29, 0.717) is 6.54 Å². The van der Waals surface area contributed by atoms with Gasteiger partial charge < -0.3 is 11.1 Å². The molecule has 0 unspecified atom stereocenters. The van der Waals surface area contributed by atoms with Crippen LogP contribution in [0.25, 0.3) is 11.1 Å². The van der Waals surface area contributed by atoms with Crippen molar-refractivity contribution in [2.45, 2.75) is 13.1 Å². The minimum absolute atomic E-state index is 0.587. The number of rotatable bonds is 4. The van der Waals surface area contributed by atoms with Crippen molar-refractivity contribution >= 4 is 0 Å². The van der Waals surface area contributed by atoms with Gasteiger partial charge in [-0.15, -0.1) is 0 Å². The minimum atomic E-state index is 0.587. The summed E-state index contributed by atoms with van der Waals surface area (Å²) >= 11 is 0. The summed E-state index contributed by atoms with van der Waals surface area (Å²) in [6, 6.07) is 17.0. The molecule has 0 radical (unpaired) electrons. The fourth-order valence-corrected chi connectivity index (χ4v) is 1.94. The van der Waals surface area contributed by atoms with Crippen molar-refractivity contribution in [3.05, 3.63) is 59.7 Å². The van der Waals surface area contributed by atoms with Crippen molar-refractivity contribution in [2.75, 3.05) is 7.05 Å². The normalized spacial score (nSPS) is 10.5. The first-order chi connectivity index (χ1) is 8.33. The van der Waals surface area contributed by atoms with Gasteiger partial charge in [0.05, 0.1) is 0 Å². The molecule has 3 N–H and O–H groups in total. The zero-order valence-corrected chi connectivity index (χ0v) is 10.1. The third kappa shape index (κ3) is 2.93. The average molecular weight is 226 g/mol. The van der Waals surface area contributed by atoms with E-state index in [1.807, 2.05) is 7.05 Å². The fourth-order valence-electron chi connectivity index (χ4n) is 1.94. The van der Waals surface area contributed by atoms with Gasteiger partial charge in [-0.25, -0.2) is 0 Å². The lowest BCUT2D eigenvalue weighted by Gasteiger charge is -2.06. The van der Waals surface area contributed by atoms with Crippen LogP contribution in [-0.2, 0) is 13.1 Å². The molecule has 0 aliphatic carbocycles. The second kappa shape index (κ2) is 5.62. The number of nitrogens with two attached hydrogens (primary N) is 1. The number of hydrogen-bond donors (Lipinski definition) is 2. The van der Waals surface area contributed by atoms with Crippen molar-refractivity contribution in [1.29, 1.82) is 0 Å². The van der Waals surface area contributed by atoms with E-state index in [9.17, 15) is 0 Å². The first-order valence-corrected chi connectivity index (χ1v) is 5.86. The largest absolute Gasteiger partial charge is 0.326 e. The summed E-state index contributed by atoms with van der Waals surface area (Å²) in [7, 11) is 1.96. The molecule has 0 aliphatic rings. The Kier molecular flexibility index (Phi) is 3.91. The molecule has 0 saturated heterocycles. The quantitative estimate of drug-likeness (QED) is 0.840. The molecule has 0 fully saturated rings. The minimum Gasteiger partial charge on any atom is -0.326 e. The molecule has 17 heavy (non-hydrogen) atoms. The monoisotopic (exact) mass is 226 g/mol. The third-order valence-corrected chi connectivity index (χ3v) is 2.80. The summed E-state index contributed by atoms with van der Waals surface area (Å²) in [5.41, 5.74) is 10.6. The summed E-state index contributed by atoms with van der Waals surface area (Å²) in [6.45, 7) is 1.48. The van der Waals surface area contributed by atoms with Crippen LogP contribution in [0.4, 0.5) is 0 Å². The Morgan fingerprint density at radius 3 is 2.12 bits per heavy atom. The van der Waals surface area contributed by atoms with Crippen LogP contribution in [0.1, 0.15) is 11.1 Å². The lowest BCUT2D eigenvalue weighted by atomic mass is 10.0. The van der Waals surface area contributed by atoms with E-state index in [-0.39, 0.29) is 0 Å². The Labute approximate surface area is 102 Å². The first kappa shape index (κ1) is 11.8. The van der Waals surface area contributed by atoms with E-state index >= 15 is 0 Å². The third-order valence-electron chi connectivity index (χ3n) is 2.80. The SMILES string of the molecule is CNCc1cccc(-c2cccc(CN)c2)c1. The zero-order valence-electron chi connectivity index (χ0n) is 10.1. The summed E-state index contributed by atoms with van der Waals surface area (Å²) in [6.07, 6.45) is 0.